The second kappa shape index (κ2) is 11.0. The monoisotopic (exact) mass is 630 g/mol. The van der Waals surface area contributed by atoms with Crippen molar-refractivity contribution in [3.8, 4) is 22.3 Å². The van der Waals surface area contributed by atoms with Crippen LogP contribution in [0.25, 0.3) is 76.9 Å². The average molecular weight is 631 g/mol. The minimum Gasteiger partial charge on any atom is -0.456 e. The maximum absolute atomic E-state index is 8.90. The first-order chi connectivity index (χ1) is 25.5. The molecule has 0 radical (unpaired) electrons. The van der Waals surface area contributed by atoms with Crippen molar-refractivity contribution in [3.05, 3.63) is 176 Å². The molecule has 0 unspecified atom stereocenters. The predicted molar refractivity (Wildman–Crippen MR) is 204 cm³/mol. The zero-order valence-electron chi connectivity index (χ0n) is 29.3. The molecule has 49 heavy (non-hydrogen) atoms. The largest absolute Gasteiger partial charge is 0.456 e. The Labute approximate surface area is 287 Å². The number of fused-ring (bicyclic) bond motifs is 7. The van der Waals surface area contributed by atoms with E-state index in [-0.39, 0.29) is 18.1 Å². The molecule has 0 saturated carbocycles. The highest BCUT2D eigenvalue weighted by atomic mass is 16.3. The first kappa shape index (κ1) is 24.6. The van der Waals surface area contributed by atoms with Gasteiger partial charge in [-0.3, -0.25) is 0 Å². The fourth-order valence-corrected chi connectivity index (χ4v) is 7.11. The summed E-state index contributed by atoms with van der Waals surface area (Å²) >= 11 is 0. The van der Waals surface area contributed by atoms with Crippen LogP contribution in [0, 0.1) is 0 Å². The molecular formula is C46H29NO2. The van der Waals surface area contributed by atoms with Crippen LogP contribution in [0.15, 0.2) is 185 Å². The maximum atomic E-state index is 8.90. The summed E-state index contributed by atoms with van der Waals surface area (Å²) in [6.07, 6.45) is 0. The molecular weight excluding hydrogens is 599 g/mol. The van der Waals surface area contributed by atoms with Crippen LogP contribution in [0.2, 0.25) is 0 Å². The molecule has 0 atom stereocenters. The summed E-state index contributed by atoms with van der Waals surface area (Å²) in [6.45, 7) is 0. The molecule has 0 amide bonds. The molecule has 3 nitrogen and oxygen atoms in total. The minimum absolute atomic E-state index is 0.00781. The third-order valence-electron chi connectivity index (χ3n) is 9.44. The molecule has 10 aromatic rings. The number of nitrogens with zero attached hydrogens (tertiary/aromatic N) is 1. The lowest BCUT2D eigenvalue weighted by atomic mass is 9.99. The normalized spacial score (nSPS) is 12.5. The molecule has 0 bridgehead atoms. The second-order valence-corrected chi connectivity index (χ2v) is 12.3. The molecule has 3 heteroatoms. The summed E-state index contributed by atoms with van der Waals surface area (Å²) in [7, 11) is 0. The Hall–Kier alpha value is -6.58. The summed E-state index contributed by atoms with van der Waals surface area (Å²) in [5.74, 6) is 0. The molecule has 0 saturated heterocycles. The van der Waals surface area contributed by atoms with Gasteiger partial charge in [0.15, 0.2) is 0 Å². The quantitative estimate of drug-likeness (QED) is 0.189. The summed E-state index contributed by atoms with van der Waals surface area (Å²) in [6, 6.07) is 53.3. The van der Waals surface area contributed by atoms with E-state index in [1.807, 2.05) is 78.9 Å². The smallest absolute Gasteiger partial charge is 0.143 e. The van der Waals surface area contributed by atoms with E-state index in [1.54, 1.807) is 0 Å². The Morgan fingerprint density at radius 2 is 1.04 bits per heavy atom. The van der Waals surface area contributed by atoms with Crippen LogP contribution in [-0.2, 0) is 0 Å². The SMILES string of the molecule is [2H]c1c([2H])c([2H])c2c(oc3ccccc32)c1-c1ccc(N(c2ccc(-c3cccc4oc5ccccc5c34)cc2)c2ccc3ccccc3c2)cc1. The minimum atomic E-state index is -0.116. The molecule has 0 N–H and O–H groups in total. The van der Waals surface area contributed by atoms with Crippen LogP contribution in [-0.4, -0.2) is 0 Å². The Morgan fingerprint density at radius 1 is 0.429 bits per heavy atom. The van der Waals surface area contributed by atoms with E-state index in [2.05, 4.69) is 83.8 Å². The molecule has 2 heterocycles. The van der Waals surface area contributed by atoms with E-state index < -0.39 is 0 Å². The van der Waals surface area contributed by atoms with Gasteiger partial charge in [-0.15, -0.1) is 0 Å². The Kier molecular flexibility index (Phi) is 5.52. The highest BCUT2D eigenvalue weighted by Crippen LogP contribution is 2.41. The maximum Gasteiger partial charge on any atom is 0.143 e. The van der Waals surface area contributed by atoms with Crippen LogP contribution >= 0.6 is 0 Å². The molecule has 0 fully saturated rings. The molecule has 10 rings (SSSR count). The van der Waals surface area contributed by atoms with Crippen molar-refractivity contribution in [3.63, 3.8) is 0 Å². The lowest BCUT2D eigenvalue weighted by Gasteiger charge is -2.26. The van der Waals surface area contributed by atoms with Gasteiger partial charge < -0.3 is 13.7 Å². The molecule has 0 aliphatic rings. The second-order valence-electron chi connectivity index (χ2n) is 12.3. The van der Waals surface area contributed by atoms with E-state index in [9.17, 15) is 0 Å². The van der Waals surface area contributed by atoms with E-state index in [0.717, 1.165) is 66.5 Å². The van der Waals surface area contributed by atoms with Gasteiger partial charge in [-0.25, -0.2) is 0 Å². The van der Waals surface area contributed by atoms with E-state index >= 15 is 0 Å². The number of rotatable bonds is 5. The number of anilines is 3. The highest BCUT2D eigenvalue weighted by molar-refractivity contribution is 6.12. The van der Waals surface area contributed by atoms with Crippen LogP contribution in [0.3, 0.4) is 0 Å². The number of hydrogen-bond donors (Lipinski definition) is 0. The molecule has 0 spiro atoms. The van der Waals surface area contributed by atoms with Crippen LogP contribution in [0.1, 0.15) is 4.11 Å². The predicted octanol–water partition coefficient (Wildman–Crippen LogP) is 13.4. The average Bonchev–Trinajstić information content (AvgIpc) is 3.77. The molecule has 8 aromatic carbocycles. The van der Waals surface area contributed by atoms with Gasteiger partial charge >= 0.3 is 0 Å². The summed E-state index contributed by atoms with van der Waals surface area (Å²) < 4.78 is 38.7. The van der Waals surface area contributed by atoms with Gasteiger partial charge in [-0.1, -0.05) is 121 Å². The Morgan fingerprint density at radius 3 is 1.82 bits per heavy atom. The number of furan rings is 2. The number of benzene rings is 8. The van der Waals surface area contributed by atoms with Gasteiger partial charge in [-0.05, 0) is 82.1 Å². The van der Waals surface area contributed by atoms with Crippen LogP contribution < -0.4 is 4.90 Å². The van der Waals surface area contributed by atoms with Gasteiger partial charge in [0.25, 0.3) is 0 Å². The van der Waals surface area contributed by atoms with Crippen molar-refractivity contribution >= 4 is 71.7 Å². The van der Waals surface area contributed by atoms with Gasteiger partial charge in [0.2, 0.25) is 0 Å². The van der Waals surface area contributed by atoms with Crippen molar-refractivity contribution in [1.82, 2.24) is 0 Å². The molecule has 0 aliphatic heterocycles. The first-order valence-corrected chi connectivity index (χ1v) is 16.3. The van der Waals surface area contributed by atoms with E-state index in [1.165, 1.54) is 5.39 Å². The van der Waals surface area contributed by atoms with Gasteiger partial charge in [0, 0.05) is 44.2 Å². The number of hydrogen-bond acceptors (Lipinski definition) is 3. The lowest BCUT2D eigenvalue weighted by Crippen LogP contribution is -2.09. The van der Waals surface area contributed by atoms with Crippen molar-refractivity contribution in [1.29, 1.82) is 0 Å². The fourth-order valence-electron chi connectivity index (χ4n) is 7.11. The van der Waals surface area contributed by atoms with E-state index in [0.29, 0.717) is 22.1 Å². The highest BCUT2D eigenvalue weighted by Gasteiger charge is 2.17. The Balaban J connectivity index is 1.11. The Bertz CT molecular complexity index is 3000. The van der Waals surface area contributed by atoms with Gasteiger partial charge in [-0.2, -0.15) is 0 Å². The number of para-hydroxylation sites is 3. The van der Waals surface area contributed by atoms with Crippen molar-refractivity contribution in [2.24, 2.45) is 0 Å². The van der Waals surface area contributed by atoms with Crippen LogP contribution in [0.5, 0.6) is 0 Å². The van der Waals surface area contributed by atoms with Gasteiger partial charge in [0.05, 0.1) is 4.11 Å². The molecule has 2 aromatic heterocycles. The van der Waals surface area contributed by atoms with Crippen molar-refractivity contribution in [2.45, 2.75) is 0 Å². The summed E-state index contributed by atoms with van der Waals surface area (Å²) in [5.41, 5.74) is 9.25. The summed E-state index contributed by atoms with van der Waals surface area (Å²) in [5, 5.41) is 5.85. The fraction of sp³-hybridized carbons (Fsp3) is 0. The first-order valence-electron chi connectivity index (χ1n) is 17.8. The lowest BCUT2D eigenvalue weighted by molar-refractivity contribution is 0.669. The standard InChI is InChI=1S/C46H29NO2/c1-2-10-33-29-36(28-19-30(33)9-1)47(34-24-20-31(21-25-34)37-13-8-18-44-45(37)41-12-4-6-17-43(41)48-44)35-26-22-32(23-27-35)38-14-7-15-40-39-11-3-5-16-42(39)49-46(38)40/h1-29H/i7D,14D,15D. The zero-order chi connectivity index (χ0) is 34.9. The van der Waals surface area contributed by atoms with E-state index in [4.69, 9.17) is 12.9 Å². The third-order valence-corrected chi connectivity index (χ3v) is 9.44. The molecule has 0 aliphatic carbocycles. The van der Waals surface area contributed by atoms with Gasteiger partial charge in [0.1, 0.15) is 22.3 Å². The third kappa shape index (κ3) is 4.51. The summed E-state index contributed by atoms with van der Waals surface area (Å²) in [4.78, 5) is 2.23. The van der Waals surface area contributed by atoms with Crippen molar-refractivity contribution < 1.29 is 12.9 Å². The zero-order valence-corrected chi connectivity index (χ0v) is 26.3. The van der Waals surface area contributed by atoms with Crippen molar-refractivity contribution in [2.75, 3.05) is 4.90 Å². The van der Waals surface area contributed by atoms with Crippen LogP contribution in [0.4, 0.5) is 17.1 Å². The molecule has 230 valence electrons. The topological polar surface area (TPSA) is 29.5 Å².